The molecule has 146 valence electrons. The fraction of sp³-hybridized carbons (Fsp3) is 0.130. The summed E-state index contributed by atoms with van der Waals surface area (Å²) in [5, 5.41) is 0.743. The third-order valence-corrected chi connectivity index (χ3v) is 4.80. The van der Waals surface area contributed by atoms with Gasteiger partial charge in [0.15, 0.2) is 11.6 Å². The van der Waals surface area contributed by atoms with Crippen molar-refractivity contribution in [2.75, 3.05) is 14.2 Å². The molecule has 2 heterocycles. The molecule has 0 aliphatic carbocycles. The lowest BCUT2D eigenvalue weighted by atomic mass is 10.0. The van der Waals surface area contributed by atoms with Crippen molar-refractivity contribution in [3.8, 4) is 17.0 Å². The van der Waals surface area contributed by atoms with E-state index in [2.05, 4.69) is 9.97 Å². The fourth-order valence-electron chi connectivity index (χ4n) is 3.42. The number of carbonyl (C=O) groups excluding carboxylic acids is 1. The van der Waals surface area contributed by atoms with Crippen LogP contribution in [-0.4, -0.2) is 30.2 Å². The van der Waals surface area contributed by atoms with Gasteiger partial charge in [-0.05, 0) is 29.3 Å². The van der Waals surface area contributed by atoms with Crippen molar-refractivity contribution in [2.45, 2.75) is 6.42 Å². The molecule has 1 N–H and O–H groups in total. The van der Waals surface area contributed by atoms with E-state index in [-0.39, 0.29) is 11.4 Å². The number of rotatable bonds is 5. The number of benzene rings is 2. The van der Waals surface area contributed by atoms with E-state index < -0.39 is 11.8 Å². The van der Waals surface area contributed by atoms with Gasteiger partial charge in [0.2, 0.25) is 0 Å². The first kappa shape index (κ1) is 18.7. The van der Waals surface area contributed by atoms with Gasteiger partial charge in [-0.1, -0.05) is 36.4 Å². The Morgan fingerprint density at radius 1 is 1.07 bits per heavy atom. The summed E-state index contributed by atoms with van der Waals surface area (Å²) in [4.78, 5) is 19.6. The zero-order valence-corrected chi connectivity index (χ0v) is 16.0. The first-order valence-electron chi connectivity index (χ1n) is 9.08. The van der Waals surface area contributed by atoms with Crippen LogP contribution in [0.15, 0.2) is 60.7 Å². The van der Waals surface area contributed by atoms with Gasteiger partial charge in [-0.25, -0.2) is 14.2 Å². The molecule has 29 heavy (non-hydrogen) atoms. The van der Waals surface area contributed by atoms with E-state index in [1.807, 2.05) is 36.4 Å². The molecule has 0 radical (unpaired) electrons. The van der Waals surface area contributed by atoms with Crippen LogP contribution in [0.5, 0.6) is 5.75 Å². The number of ether oxygens (including phenoxy) is 2. The summed E-state index contributed by atoms with van der Waals surface area (Å²) >= 11 is 0. The first-order valence-corrected chi connectivity index (χ1v) is 9.08. The molecule has 5 nitrogen and oxygen atoms in total. The molecule has 0 amide bonds. The molecular formula is C23H19FN2O3. The van der Waals surface area contributed by atoms with Gasteiger partial charge in [-0.3, -0.25) is 0 Å². The zero-order chi connectivity index (χ0) is 20.4. The van der Waals surface area contributed by atoms with Crippen molar-refractivity contribution in [3.05, 3.63) is 83.4 Å². The average Bonchev–Trinajstić information content (AvgIpc) is 3.10. The number of methoxy groups -OCH3 is 2. The Morgan fingerprint density at radius 2 is 1.86 bits per heavy atom. The van der Waals surface area contributed by atoms with E-state index in [0.717, 1.165) is 27.7 Å². The molecule has 6 heteroatoms. The number of H-pyrrole nitrogens is 1. The SMILES string of the molecule is COC(=O)c1cccc(Cc2c(-c3ccccc3)[nH]c3cc(OC)c(F)cc23)n1. The lowest BCUT2D eigenvalue weighted by molar-refractivity contribution is 0.0593. The average molecular weight is 390 g/mol. The monoisotopic (exact) mass is 390 g/mol. The number of halogens is 1. The number of aromatic amines is 1. The largest absolute Gasteiger partial charge is 0.494 e. The van der Waals surface area contributed by atoms with Gasteiger partial charge < -0.3 is 14.5 Å². The van der Waals surface area contributed by atoms with Crippen LogP contribution in [0, 0.1) is 5.82 Å². The summed E-state index contributed by atoms with van der Waals surface area (Å²) < 4.78 is 24.3. The summed E-state index contributed by atoms with van der Waals surface area (Å²) in [5.41, 5.74) is 4.42. The number of fused-ring (bicyclic) bond motifs is 1. The molecular weight excluding hydrogens is 371 g/mol. The number of aromatic nitrogens is 2. The molecule has 0 fully saturated rings. The van der Waals surface area contributed by atoms with Gasteiger partial charge >= 0.3 is 5.97 Å². The third-order valence-electron chi connectivity index (χ3n) is 4.80. The van der Waals surface area contributed by atoms with E-state index in [9.17, 15) is 9.18 Å². The Bertz CT molecular complexity index is 1190. The maximum atomic E-state index is 14.5. The molecule has 0 bridgehead atoms. The molecule has 4 aromatic rings. The summed E-state index contributed by atoms with van der Waals surface area (Å²) in [5.74, 6) is -0.753. The van der Waals surface area contributed by atoms with E-state index in [1.165, 1.54) is 20.3 Å². The van der Waals surface area contributed by atoms with E-state index >= 15 is 0 Å². The van der Waals surface area contributed by atoms with Gasteiger partial charge in [0, 0.05) is 23.6 Å². The lowest BCUT2D eigenvalue weighted by Crippen LogP contribution is -2.06. The highest BCUT2D eigenvalue weighted by Crippen LogP contribution is 2.35. The van der Waals surface area contributed by atoms with E-state index in [1.54, 1.807) is 18.2 Å². The normalized spacial score (nSPS) is 10.9. The maximum Gasteiger partial charge on any atom is 0.356 e. The van der Waals surface area contributed by atoms with Crippen LogP contribution in [0.4, 0.5) is 4.39 Å². The van der Waals surface area contributed by atoms with Crippen LogP contribution in [0.2, 0.25) is 0 Å². The molecule has 0 saturated carbocycles. The fourth-order valence-corrected chi connectivity index (χ4v) is 3.42. The second-order valence-electron chi connectivity index (χ2n) is 6.56. The minimum absolute atomic E-state index is 0.177. The highest BCUT2D eigenvalue weighted by atomic mass is 19.1. The molecule has 0 unspecified atom stereocenters. The molecule has 0 aliphatic heterocycles. The Balaban J connectivity index is 1.88. The molecule has 4 rings (SSSR count). The summed E-state index contributed by atoms with van der Waals surface area (Å²) in [6.45, 7) is 0. The highest BCUT2D eigenvalue weighted by molar-refractivity contribution is 5.92. The molecule has 0 saturated heterocycles. The third kappa shape index (κ3) is 3.57. The number of nitrogens with zero attached hydrogens (tertiary/aromatic N) is 1. The van der Waals surface area contributed by atoms with Crippen LogP contribution in [0.3, 0.4) is 0 Å². The topological polar surface area (TPSA) is 64.2 Å². The van der Waals surface area contributed by atoms with E-state index in [4.69, 9.17) is 9.47 Å². The number of pyridine rings is 1. The van der Waals surface area contributed by atoms with Crippen molar-refractivity contribution in [3.63, 3.8) is 0 Å². The van der Waals surface area contributed by atoms with Gasteiger partial charge in [-0.2, -0.15) is 0 Å². The first-order chi connectivity index (χ1) is 14.1. The maximum absolute atomic E-state index is 14.5. The second-order valence-corrected chi connectivity index (χ2v) is 6.56. The Morgan fingerprint density at radius 3 is 2.59 bits per heavy atom. The molecule has 0 spiro atoms. The lowest BCUT2D eigenvalue weighted by Gasteiger charge is -2.07. The summed E-state index contributed by atoms with van der Waals surface area (Å²) in [6.07, 6.45) is 0.417. The second kappa shape index (κ2) is 7.75. The smallest absolute Gasteiger partial charge is 0.356 e. The van der Waals surface area contributed by atoms with Gasteiger partial charge in [0.05, 0.1) is 25.4 Å². The van der Waals surface area contributed by atoms with Gasteiger partial charge in [-0.15, -0.1) is 0 Å². The van der Waals surface area contributed by atoms with Gasteiger partial charge in [0.25, 0.3) is 0 Å². The van der Waals surface area contributed by atoms with Crippen LogP contribution in [0.25, 0.3) is 22.2 Å². The number of carbonyl (C=O) groups is 1. The number of hydrogen-bond donors (Lipinski definition) is 1. The minimum Gasteiger partial charge on any atom is -0.494 e. The summed E-state index contributed by atoms with van der Waals surface area (Å²) in [7, 11) is 2.76. The van der Waals surface area contributed by atoms with E-state index in [0.29, 0.717) is 12.1 Å². The quantitative estimate of drug-likeness (QED) is 0.499. The molecule has 2 aromatic carbocycles. The van der Waals surface area contributed by atoms with Crippen molar-refractivity contribution < 1.29 is 18.7 Å². The molecule has 2 aromatic heterocycles. The number of nitrogens with one attached hydrogen (secondary N) is 1. The standard InChI is InChI=1S/C23H19FN2O3/c1-28-21-13-20-16(12-18(21)24)17(22(26-20)14-7-4-3-5-8-14)11-15-9-6-10-19(25-15)23(27)29-2/h3-10,12-13,26H,11H2,1-2H3. The molecule has 0 atom stereocenters. The van der Waals surface area contributed by atoms with Crippen molar-refractivity contribution in [1.82, 2.24) is 9.97 Å². The Hall–Kier alpha value is -3.67. The minimum atomic E-state index is -0.496. The predicted octanol–water partition coefficient (Wildman–Crippen LogP) is 4.76. The predicted molar refractivity (Wildman–Crippen MR) is 109 cm³/mol. The van der Waals surface area contributed by atoms with Gasteiger partial charge in [0.1, 0.15) is 5.69 Å². The molecule has 0 aliphatic rings. The number of esters is 1. The van der Waals surface area contributed by atoms with Crippen molar-refractivity contribution in [2.24, 2.45) is 0 Å². The number of hydrogen-bond acceptors (Lipinski definition) is 4. The van der Waals surface area contributed by atoms with Crippen LogP contribution in [0.1, 0.15) is 21.7 Å². The van der Waals surface area contributed by atoms with Crippen LogP contribution < -0.4 is 4.74 Å². The highest BCUT2D eigenvalue weighted by Gasteiger charge is 2.18. The van der Waals surface area contributed by atoms with Crippen molar-refractivity contribution in [1.29, 1.82) is 0 Å². The van der Waals surface area contributed by atoms with Crippen LogP contribution >= 0.6 is 0 Å². The zero-order valence-electron chi connectivity index (χ0n) is 16.0. The summed E-state index contributed by atoms with van der Waals surface area (Å²) in [6, 6.07) is 18.1. The van der Waals surface area contributed by atoms with Crippen LogP contribution in [-0.2, 0) is 11.2 Å². The Labute approximate surface area is 167 Å². The Kier molecular flexibility index (Phi) is 4.99. The van der Waals surface area contributed by atoms with Crippen molar-refractivity contribution >= 4 is 16.9 Å².